The number of hydrogen-bond donors (Lipinski definition) is 2. The van der Waals surface area contributed by atoms with E-state index in [1.807, 2.05) is 6.92 Å². The van der Waals surface area contributed by atoms with Gasteiger partial charge >= 0.3 is 5.69 Å². The minimum absolute atomic E-state index is 0.0216. The Bertz CT molecular complexity index is 453. The predicted molar refractivity (Wildman–Crippen MR) is 70.3 cm³/mol. The van der Waals surface area contributed by atoms with Crippen LogP contribution in [0.25, 0.3) is 0 Å². The number of ether oxygens (including phenoxy) is 1. The summed E-state index contributed by atoms with van der Waals surface area (Å²) in [4.78, 5) is 10.8. The van der Waals surface area contributed by atoms with Crippen molar-refractivity contribution < 1.29 is 9.66 Å². The van der Waals surface area contributed by atoms with Crippen molar-refractivity contribution in [1.82, 2.24) is 15.1 Å². The lowest BCUT2D eigenvalue weighted by atomic mass is 10.2. The lowest BCUT2D eigenvalue weighted by Crippen LogP contribution is -2.42. The summed E-state index contributed by atoms with van der Waals surface area (Å²) >= 11 is 0. The average Bonchev–Trinajstić information content (AvgIpc) is 2.74. The van der Waals surface area contributed by atoms with Crippen LogP contribution < -0.4 is 10.6 Å². The van der Waals surface area contributed by atoms with Gasteiger partial charge in [0.05, 0.1) is 17.6 Å². The Hall–Kier alpha value is -1.67. The predicted octanol–water partition coefficient (Wildman–Crippen LogP) is 0.291. The molecule has 0 aromatic carbocycles. The van der Waals surface area contributed by atoms with Gasteiger partial charge in [-0.15, -0.1) is 0 Å². The van der Waals surface area contributed by atoms with E-state index in [9.17, 15) is 10.1 Å². The summed E-state index contributed by atoms with van der Waals surface area (Å²) in [5, 5.41) is 21.6. The highest BCUT2D eigenvalue weighted by Crippen LogP contribution is 2.28. The highest BCUT2D eigenvalue weighted by molar-refractivity contribution is 5.59. The summed E-state index contributed by atoms with van der Waals surface area (Å²) in [6.07, 6.45) is 0.557. The van der Waals surface area contributed by atoms with Crippen molar-refractivity contribution in [1.29, 1.82) is 0 Å². The monoisotopic (exact) mass is 269 g/mol. The molecule has 8 heteroatoms. The molecule has 1 unspecified atom stereocenters. The zero-order chi connectivity index (χ0) is 13.8. The van der Waals surface area contributed by atoms with Gasteiger partial charge in [-0.3, -0.25) is 10.1 Å². The van der Waals surface area contributed by atoms with Gasteiger partial charge in [-0.25, -0.2) is 4.68 Å². The number of nitrogens with zero attached hydrogens (tertiary/aromatic N) is 3. The van der Waals surface area contributed by atoms with Gasteiger partial charge in [0.2, 0.25) is 5.82 Å². The highest BCUT2D eigenvalue weighted by atomic mass is 16.6. The first kappa shape index (κ1) is 13.8. The fourth-order valence-corrected chi connectivity index (χ4v) is 2.16. The fourth-order valence-electron chi connectivity index (χ4n) is 2.16. The molecule has 1 saturated heterocycles. The van der Waals surface area contributed by atoms with Crippen LogP contribution in [0.3, 0.4) is 0 Å². The van der Waals surface area contributed by atoms with Gasteiger partial charge in [-0.05, 0) is 6.42 Å². The van der Waals surface area contributed by atoms with Crippen LogP contribution in [0.2, 0.25) is 0 Å². The zero-order valence-electron chi connectivity index (χ0n) is 11.2. The molecule has 1 aromatic rings. The number of hydrogen-bond acceptors (Lipinski definition) is 6. The van der Waals surface area contributed by atoms with E-state index in [1.165, 1.54) is 4.68 Å². The van der Waals surface area contributed by atoms with E-state index < -0.39 is 0 Å². The van der Waals surface area contributed by atoms with Crippen molar-refractivity contribution >= 4 is 11.5 Å². The van der Waals surface area contributed by atoms with E-state index in [2.05, 4.69) is 15.7 Å². The third-order valence-electron chi connectivity index (χ3n) is 3.11. The summed E-state index contributed by atoms with van der Waals surface area (Å²) in [6, 6.07) is 0. The minimum atomic E-state index is -0.381. The Balaban J connectivity index is 2.10. The molecular weight excluding hydrogens is 250 g/mol. The molecular formula is C11H19N5O3. The van der Waals surface area contributed by atoms with Crippen LogP contribution in [0.5, 0.6) is 0 Å². The molecule has 0 saturated carbocycles. The standard InChI is InChI=1S/C11H19N5O3/c1-3-9-10(16(17)18)11(15(2)14-9)13-7-8-6-12-4-5-19-8/h8,12-13H,3-7H2,1-2H3. The lowest BCUT2D eigenvalue weighted by molar-refractivity contribution is -0.384. The average molecular weight is 269 g/mol. The number of morpholine rings is 1. The van der Waals surface area contributed by atoms with E-state index in [1.54, 1.807) is 7.05 Å². The molecule has 0 radical (unpaired) electrons. The van der Waals surface area contributed by atoms with Crippen molar-refractivity contribution in [3.63, 3.8) is 0 Å². The first-order valence-electron chi connectivity index (χ1n) is 6.40. The Morgan fingerprint density at radius 2 is 2.47 bits per heavy atom. The number of aromatic nitrogens is 2. The SMILES string of the molecule is CCc1nn(C)c(NCC2CNCCO2)c1[N+](=O)[O-]. The molecule has 0 bridgehead atoms. The van der Waals surface area contributed by atoms with Crippen LogP contribution in [-0.4, -0.2) is 47.0 Å². The fraction of sp³-hybridized carbons (Fsp3) is 0.727. The summed E-state index contributed by atoms with van der Waals surface area (Å²) < 4.78 is 7.07. The van der Waals surface area contributed by atoms with E-state index in [-0.39, 0.29) is 16.7 Å². The normalized spacial score (nSPS) is 19.4. The second kappa shape index (κ2) is 5.98. The van der Waals surface area contributed by atoms with Gasteiger partial charge in [-0.2, -0.15) is 5.10 Å². The molecule has 106 valence electrons. The maximum Gasteiger partial charge on any atom is 0.333 e. The minimum Gasteiger partial charge on any atom is -0.374 e. The highest BCUT2D eigenvalue weighted by Gasteiger charge is 2.26. The summed E-state index contributed by atoms with van der Waals surface area (Å²) in [6.45, 7) is 4.64. The van der Waals surface area contributed by atoms with Gasteiger partial charge in [-0.1, -0.05) is 6.92 Å². The van der Waals surface area contributed by atoms with Crippen LogP contribution in [-0.2, 0) is 18.2 Å². The molecule has 1 aromatic heterocycles. The Kier molecular flexibility index (Phi) is 4.33. The first-order valence-corrected chi connectivity index (χ1v) is 6.40. The molecule has 1 atom stereocenters. The summed E-state index contributed by atoms with van der Waals surface area (Å²) in [5.41, 5.74) is 0.562. The lowest BCUT2D eigenvalue weighted by Gasteiger charge is -2.23. The number of aryl methyl sites for hydroxylation is 2. The van der Waals surface area contributed by atoms with E-state index in [0.29, 0.717) is 31.1 Å². The van der Waals surface area contributed by atoms with Crippen LogP contribution in [0.1, 0.15) is 12.6 Å². The van der Waals surface area contributed by atoms with Crippen molar-refractivity contribution in [2.45, 2.75) is 19.4 Å². The third-order valence-corrected chi connectivity index (χ3v) is 3.11. The number of nitro groups is 1. The first-order chi connectivity index (χ1) is 9.13. The third kappa shape index (κ3) is 3.02. The van der Waals surface area contributed by atoms with Gasteiger partial charge in [0, 0.05) is 26.7 Å². The number of anilines is 1. The van der Waals surface area contributed by atoms with Crippen LogP contribution in [0, 0.1) is 10.1 Å². The molecule has 8 nitrogen and oxygen atoms in total. The molecule has 2 heterocycles. The van der Waals surface area contributed by atoms with Crippen LogP contribution in [0.4, 0.5) is 11.5 Å². The quantitative estimate of drug-likeness (QED) is 0.589. The molecule has 0 spiro atoms. The molecule has 1 aliphatic rings. The molecule has 1 fully saturated rings. The zero-order valence-corrected chi connectivity index (χ0v) is 11.2. The van der Waals surface area contributed by atoms with Crippen molar-refractivity contribution in [2.75, 3.05) is 31.6 Å². The molecule has 2 N–H and O–H groups in total. The topological polar surface area (TPSA) is 94.2 Å². The second-order valence-electron chi connectivity index (χ2n) is 4.46. The van der Waals surface area contributed by atoms with Crippen LogP contribution in [0.15, 0.2) is 0 Å². The number of nitrogens with one attached hydrogen (secondary N) is 2. The van der Waals surface area contributed by atoms with E-state index in [0.717, 1.165) is 13.1 Å². The smallest absolute Gasteiger partial charge is 0.333 e. The van der Waals surface area contributed by atoms with Crippen molar-refractivity contribution in [3.8, 4) is 0 Å². The van der Waals surface area contributed by atoms with Crippen molar-refractivity contribution in [3.05, 3.63) is 15.8 Å². The second-order valence-corrected chi connectivity index (χ2v) is 4.46. The van der Waals surface area contributed by atoms with Crippen LogP contribution >= 0.6 is 0 Å². The maximum atomic E-state index is 11.1. The Morgan fingerprint density at radius 3 is 3.05 bits per heavy atom. The van der Waals surface area contributed by atoms with Crippen molar-refractivity contribution in [2.24, 2.45) is 7.05 Å². The molecule has 2 rings (SSSR count). The van der Waals surface area contributed by atoms with Gasteiger partial charge in [0.25, 0.3) is 0 Å². The Morgan fingerprint density at radius 1 is 1.68 bits per heavy atom. The summed E-state index contributed by atoms with van der Waals surface area (Å²) in [7, 11) is 1.70. The van der Waals surface area contributed by atoms with Gasteiger partial charge in [0.15, 0.2) is 0 Å². The Labute approximate surface area is 111 Å². The van der Waals surface area contributed by atoms with Gasteiger partial charge in [0.1, 0.15) is 5.69 Å². The number of rotatable bonds is 5. The summed E-state index contributed by atoms with van der Waals surface area (Å²) in [5.74, 6) is 0.441. The maximum absolute atomic E-state index is 11.1. The van der Waals surface area contributed by atoms with E-state index >= 15 is 0 Å². The van der Waals surface area contributed by atoms with E-state index in [4.69, 9.17) is 4.74 Å². The largest absolute Gasteiger partial charge is 0.374 e. The van der Waals surface area contributed by atoms with Gasteiger partial charge < -0.3 is 15.4 Å². The molecule has 0 amide bonds. The molecule has 0 aliphatic carbocycles. The molecule has 1 aliphatic heterocycles. The molecule has 19 heavy (non-hydrogen) atoms.